The van der Waals surface area contributed by atoms with Crippen molar-refractivity contribution in [1.29, 1.82) is 0 Å². The molecule has 0 unspecified atom stereocenters. The number of nitrogens with one attached hydrogen (secondary N) is 2. The molecule has 0 aromatic heterocycles. The molecule has 1 rings (SSSR count). The van der Waals surface area contributed by atoms with E-state index in [1.54, 1.807) is 0 Å². The summed E-state index contributed by atoms with van der Waals surface area (Å²) in [7, 11) is 1.85. The Morgan fingerprint density at radius 3 is 2.64 bits per heavy atom. The summed E-state index contributed by atoms with van der Waals surface area (Å²) in [6.45, 7) is 2.00. The van der Waals surface area contributed by atoms with Crippen molar-refractivity contribution in [2.45, 2.75) is 6.54 Å². The van der Waals surface area contributed by atoms with E-state index in [4.69, 9.17) is 0 Å². The van der Waals surface area contributed by atoms with Crippen molar-refractivity contribution < 1.29 is 8.78 Å². The maximum absolute atomic E-state index is 13.1. The van der Waals surface area contributed by atoms with Gasteiger partial charge in [0.05, 0.1) is 0 Å². The maximum atomic E-state index is 13.1. The van der Waals surface area contributed by atoms with Gasteiger partial charge in [-0.05, 0) is 13.1 Å². The monoisotopic (exact) mass is 200 g/mol. The minimum atomic E-state index is -0.540. The Labute approximate surface area is 82.3 Å². The van der Waals surface area contributed by atoms with Crippen LogP contribution >= 0.6 is 0 Å². The molecular formula is C10H14F2N2. The lowest BCUT2D eigenvalue weighted by Crippen LogP contribution is -2.24. The summed E-state index contributed by atoms with van der Waals surface area (Å²) in [4.78, 5) is 0. The molecule has 0 heterocycles. The fraction of sp³-hybridized carbons (Fsp3) is 0.400. The second-order valence-corrected chi connectivity index (χ2v) is 3.02. The third-order valence-corrected chi connectivity index (χ3v) is 1.88. The lowest BCUT2D eigenvalue weighted by molar-refractivity contribution is 0.558. The average Bonchev–Trinajstić information content (AvgIpc) is 2.15. The maximum Gasteiger partial charge on any atom is 0.130 e. The van der Waals surface area contributed by atoms with E-state index in [2.05, 4.69) is 10.6 Å². The highest BCUT2D eigenvalue weighted by atomic mass is 19.1. The van der Waals surface area contributed by atoms with Crippen molar-refractivity contribution in [2.24, 2.45) is 0 Å². The van der Waals surface area contributed by atoms with E-state index in [1.807, 2.05) is 7.05 Å². The molecule has 1 aromatic rings. The molecule has 0 spiro atoms. The molecule has 2 nitrogen and oxygen atoms in total. The highest BCUT2D eigenvalue weighted by Gasteiger charge is 2.02. The second kappa shape index (κ2) is 5.67. The zero-order chi connectivity index (χ0) is 10.4. The Bertz CT molecular complexity index is 289. The van der Waals surface area contributed by atoms with Crippen molar-refractivity contribution in [2.75, 3.05) is 20.1 Å². The van der Waals surface area contributed by atoms with Crippen LogP contribution in [0.15, 0.2) is 18.2 Å². The van der Waals surface area contributed by atoms with Gasteiger partial charge in [0.25, 0.3) is 0 Å². The smallest absolute Gasteiger partial charge is 0.130 e. The zero-order valence-electron chi connectivity index (χ0n) is 8.11. The summed E-state index contributed by atoms with van der Waals surface area (Å²) in [5.41, 5.74) is 0.488. The quantitative estimate of drug-likeness (QED) is 0.699. The number of rotatable bonds is 5. The van der Waals surface area contributed by atoms with E-state index in [1.165, 1.54) is 12.1 Å². The third kappa shape index (κ3) is 3.40. The molecule has 0 atom stereocenters. The van der Waals surface area contributed by atoms with Crippen LogP contribution in [0.3, 0.4) is 0 Å². The molecule has 1 aromatic carbocycles. The number of halogens is 2. The van der Waals surface area contributed by atoms with E-state index in [0.717, 1.165) is 19.2 Å². The standard InChI is InChI=1S/C10H14F2N2/c1-13-4-5-14-7-8-2-3-9(11)6-10(8)12/h2-3,6,13-14H,4-5,7H2,1H3. The van der Waals surface area contributed by atoms with E-state index in [-0.39, 0.29) is 0 Å². The van der Waals surface area contributed by atoms with E-state index < -0.39 is 11.6 Å². The van der Waals surface area contributed by atoms with Crippen LogP contribution in [0.4, 0.5) is 8.78 Å². The van der Waals surface area contributed by atoms with E-state index >= 15 is 0 Å². The lowest BCUT2D eigenvalue weighted by atomic mass is 10.2. The summed E-state index contributed by atoms with van der Waals surface area (Å²) >= 11 is 0. The minimum Gasteiger partial charge on any atom is -0.318 e. The third-order valence-electron chi connectivity index (χ3n) is 1.88. The van der Waals surface area contributed by atoms with Crippen molar-refractivity contribution >= 4 is 0 Å². The Morgan fingerprint density at radius 2 is 2.00 bits per heavy atom. The molecule has 0 aliphatic carbocycles. The van der Waals surface area contributed by atoms with Crippen LogP contribution in [0.1, 0.15) is 5.56 Å². The zero-order valence-corrected chi connectivity index (χ0v) is 8.11. The van der Waals surface area contributed by atoms with Crippen LogP contribution in [-0.2, 0) is 6.54 Å². The highest BCUT2D eigenvalue weighted by molar-refractivity contribution is 5.18. The van der Waals surface area contributed by atoms with Gasteiger partial charge in [-0.15, -0.1) is 0 Å². The fourth-order valence-corrected chi connectivity index (χ4v) is 1.10. The van der Waals surface area contributed by atoms with Crippen LogP contribution in [-0.4, -0.2) is 20.1 Å². The molecule has 0 aliphatic rings. The van der Waals surface area contributed by atoms with E-state index in [9.17, 15) is 8.78 Å². The van der Waals surface area contributed by atoms with Crippen LogP contribution < -0.4 is 10.6 Å². The van der Waals surface area contributed by atoms with Gasteiger partial charge < -0.3 is 10.6 Å². The molecule has 2 N–H and O–H groups in total. The predicted octanol–water partition coefficient (Wildman–Crippen LogP) is 1.27. The molecule has 0 radical (unpaired) electrons. The topological polar surface area (TPSA) is 24.1 Å². The van der Waals surface area contributed by atoms with Gasteiger partial charge in [-0.2, -0.15) is 0 Å². The first-order chi connectivity index (χ1) is 6.74. The Kier molecular flexibility index (Phi) is 4.49. The molecule has 0 aliphatic heterocycles. The molecule has 0 amide bonds. The van der Waals surface area contributed by atoms with Gasteiger partial charge in [0.15, 0.2) is 0 Å². The van der Waals surface area contributed by atoms with Crippen LogP contribution in [0.2, 0.25) is 0 Å². The first-order valence-electron chi connectivity index (χ1n) is 4.53. The van der Waals surface area contributed by atoms with Gasteiger partial charge in [0.2, 0.25) is 0 Å². The second-order valence-electron chi connectivity index (χ2n) is 3.02. The van der Waals surface area contributed by atoms with Gasteiger partial charge in [-0.3, -0.25) is 0 Å². The summed E-state index contributed by atoms with van der Waals surface area (Å²) in [6.07, 6.45) is 0. The number of hydrogen-bond acceptors (Lipinski definition) is 2. The highest BCUT2D eigenvalue weighted by Crippen LogP contribution is 2.08. The van der Waals surface area contributed by atoms with Crippen molar-refractivity contribution in [1.82, 2.24) is 10.6 Å². The molecular weight excluding hydrogens is 186 g/mol. The Balaban J connectivity index is 2.42. The Morgan fingerprint density at radius 1 is 1.21 bits per heavy atom. The lowest BCUT2D eigenvalue weighted by Gasteiger charge is -2.05. The minimum absolute atomic E-state index is 0.424. The summed E-state index contributed by atoms with van der Waals surface area (Å²) in [6, 6.07) is 3.62. The SMILES string of the molecule is CNCCNCc1ccc(F)cc1F. The predicted molar refractivity (Wildman–Crippen MR) is 52.0 cm³/mol. The first kappa shape index (κ1) is 11.1. The van der Waals surface area contributed by atoms with Crippen LogP contribution in [0, 0.1) is 11.6 Å². The summed E-state index contributed by atoms with van der Waals surface area (Å²) < 4.78 is 25.6. The normalized spacial score (nSPS) is 10.5. The van der Waals surface area contributed by atoms with Gasteiger partial charge >= 0.3 is 0 Å². The van der Waals surface area contributed by atoms with Crippen molar-refractivity contribution in [3.05, 3.63) is 35.4 Å². The molecule has 4 heteroatoms. The number of benzene rings is 1. The average molecular weight is 200 g/mol. The van der Waals surface area contributed by atoms with Gasteiger partial charge in [0, 0.05) is 31.3 Å². The number of likely N-dealkylation sites (N-methyl/N-ethyl adjacent to an activating group) is 1. The van der Waals surface area contributed by atoms with Gasteiger partial charge in [-0.1, -0.05) is 6.07 Å². The molecule has 0 saturated carbocycles. The number of hydrogen-bond donors (Lipinski definition) is 2. The first-order valence-corrected chi connectivity index (χ1v) is 4.53. The largest absolute Gasteiger partial charge is 0.318 e. The molecule has 78 valence electrons. The van der Waals surface area contributed by atoms with Crippen molar-refractivity contribution in [3.8, 4) is 0 Å². The Hall–Kier alpha value is -1.00. The van der Waals surface area contributed by atoms with Crippen LogP contribution in [0.5, 0.6) is 0 Å². The van der Waals surface area contributed by atoms with E-state index in [0.29, 0.717) is 12.1 Å². The van der Waals surface area contributed by atoms with Gasteiger partial charge in [0.1, 0.15) is 11.6 Å². The van der Waals surface area contributed by atoms with Gasteiger partial charge in [-0.25, -0.2) is 8.78 Å². The van der Waals surface area contributed by atoms with Crippen molar-refractivity contribution in [3.63, 3.8) is 0 Å². The molecule has 0 bridgehead atoms. The fourth-order valence-electron chi connectivity index (χ4n) is 1.10. The summed E-state index contributed by atoms with van der Waals surface area (Å²) in [5.74, 6) is -1.04. The molecule has 0 saturated heterocycles. The molecule has 0 fully saturated rings. The molecule has 14 heavy (non-hydrogen) atoms. The summed E-state index contributed by atoms with van der Waals surface area (Å²) in [5, 5.41) is 6.00. The van der Waals surface area contributed by atoms with Crippen LogP contribution in [0.25, 0.3) is 0 Å².